The Balaban J connectivity index is 1.67. The lowest BCUT2D eigenvalue weighted by Gasteiger charge is -2.24. The molecule has 0 saturated carbocycles. The summed E-state index contributed by atoms with van der Waals surface area (Å²) in [5.41, 5.74) is 0.882. The largest absolute Gasteiger partial charge is 0.465 e. The Bertz CT molecular complexity index is 1090. The van der Waals surface area contributed by atoms with Crippen molar-refractivity contribution >= 4 is 17.9 Å². The summed E-state index contributed by atoms with van der Waals surface area (Å²) in [7, 11) is 1.55. The Morgan fingerprint density at radius 2 is 1.50 bits per heavy atom. The number of hydrogen-bond acceptors (Lipinski definition) is 8. The van der Waals surface area contributed by atoms with Crippen molar-refractivity contribution in [3.63, 3.8) is 0 Å². The molecular weight excluding hydrogens is 488 g/mol. The lowest BCUT2D eigenvalue weighted by molar-refractivity contribution is -0.153. The third kappa shape index (κ3) is 8.00. The van der Waals surface area contributed by atoms with E-state index in [0.717, 1.165) is 0 Å². The normalized spacial score (nSPS) is 20.0. The van der Waals surface area contributed by atoms with Crippen LogP contribution >= 0.6 is 0 Å². The number of carbonyl (C=O) groups is 3. The number of carbonyl (C=O) groups excluding carboxylic acids is 3. The molecular formula is C30H36O8. The third-order valence-electron chi connectivity index (χ3n) is 6.12. The maximum atomic E-state index is 12.8. The Labute approximate surface area is 223 Å². The lowest BCUT2D eigenvalue weighted by atomic mass is 9.97. The van der Waals surface area contributed by atoms with Gasteiger partial charge in [0.15, 0.2) is 0 Å². The van der Waals surface area contributed by atoms with Crippen molar-refractivity contribution in [1.82, 2.24) is 0 Å². The topological polar surface area (TPSA) is 97.4 Å². The van der Waals surface area contributed by atoms with E-state index in [9.17, 15) is 14.4 Å². The Morgan fingerprint density at radius 3 is 2.05 bits per heavy atom. The molecule has 2 aromatic rings. The molecule has 1 aliphatic rings. The summed E-state index contributed by atoms with van der Waals surface area (Å²) in [6.07, 6.45) is -1.58. The highest BCUT2D eigenvalue weighted by molar-refractivity contribution is 5.90. The van der Waals surface area contributed by atoms with Crippen LogP contribution in [0.4, 0.5) is 0 Å². The molecule has 0 bridgehead atoms. The number of rotatable bonds is 11. The van der Waals surface area contributed by atoms with E-state index >= 15 is 0 Å². The van der Waals surface area contributed by atoms with Crippen LogP contribution in [-0.4, -0.2) is 62.6 Å². The van der Waals surface area contributed by atoms with Gasteiger partial charge in [-0.1, -0.05) is 43.0 Å². The van der Waals surface area contributed by atoms with Crippen LogP contribution in [0.1, 0.15) is 54.3 Å². The second-order valence-corrected chi connectivity index (χ2v) is 10.2. The van der Waals surface area contributed by atoms with Crippen molar-refractivity contribution in [3.05, 3.63) is 83.9 Å². The van der Waals surface area contributed by atoms with E-state index < -0.39 is 41.8 Å². The molecule has 4 atom stereocenters. The molecule has 0 radical (unpaired) electrons. The van der Waals surface area contributed by atoms with E-state index in [2.05, 4.69) is 6.58 Å². The van der Waals surface area contributed by atoms with Gasteiger partial charge in [-0.3, -0.25) is 4.79 Å². The first kappa shape index (κ1) is 29.1. The lowest BCUT2D eigenvalue weighted by Crippen LogP contribution is -2.34. The predicted octanol–water partition coefficient (Wildman–Crippen LogP) is 4.78. The molecule has 38 heavy (non-hydrogen) atoms. The molecule has 0 aliphatic carbocycles. The zero-order chi connectivity index (χ0) is 27.7. The average Bonchev–Trinajstić information content (AvgIpc) is 3.20. The second kappa shape index (κ2) is 13.3. The van der Waals surface area contributed by atoms with Gasteiger partial charge < -0.3 is 23.7 Å². The van der Waals surface area contributed by atoms with E-state index in [1.807, 2.05) is 0 Å². The first-order chi connectivity index (χ1) is 18.1. The van der Waals surface area contributed by atoms with E-state index in [1.165, 1.54) is 0 Å². The van der Waals surface area contributed by atoms with Crippen LogP contribution in [0.25, 0.3) is 0 Å². The van der Waals surface area contributed by atoms with Crippen LogP contribution in [-0.2, 0) is 28.5 Å². The van der Waals surface area contributed by atoms with Crippen molar-refractivity contribution in [2.45, 2.75) is 58.0 Å². The molecule has 0 amide bonds. The average molecular weight is 525 g/mol. The van der Waals surface area contributed by atoms with Crippen LogP contribution in [0, 0.1) is 5.41 Å². The standard InChI is InChI=1S/C30H36O8/c1-20-24(16-17-35-29(33)30(2,3)4)38-25(26(20)34-5)18-23(37-28(32)22-14-10-7-11-15-22)19-36-27(31)21-12-8-6-9-13-21/h6-15,23-26H,1,16-19H2,2-5H3/t23-,24-,25+,26+/m0/s1. The van der Waals surface area contributed by atoms with Gasteiger partial charge in [0, 0.05) is 20.0 Å². The van der Waals surface area contributed by atoms with E-state index in [1.54, 1.807) is 88.5 Å². The molecule has 0 unspecified atom stereocenters. The van der Waals surface area contributed by atoms with Crippen molar-refractivity contribution in [1.29, 1.82) is 0 Å². The summed E-state index contributed by atoms with van der Waals surface area (Å²) in [6.45, 7) is 9.51. The summed E-state index contributed by atoms with van der Waals surface area (Å²) in [5, 5.41) is 0. The SMILES string of the molecule is C=C1[C@H](CCOC(=O)C(C)(C)C)O[C@H](C[C@@H](COC(=O)c2ccccc2)OC(=O)c2ccccc2)[C@@H]1OC. The second-order valence-electron chi connectivity index (χ2n) is 10.2. The van der Waals surface area contributed by atoms with E-state index in [4.69, 9.17) is 23.7 Å². The minimum absolute atomic E-state index is 0.164. The van der Waals surface area contributed by atoms with Crippen LogP contribution < -0.4 is 0 Å². The van der Waals surface area contributed by atoms with Gasteiger partial charge in [-0.2, -0.15) is 0 Å². The van der Waals surface area contributed by atoms with Crippen molar-refractivity contribution in [2.75, 3.05) is 20.3 Å². The van der Waals surface area contributed by atoms with E-state index in [0.29, 0.717) is 23.1 Å². The smallest absolute Gasteiger partial charge is 0.338 e. The van der Waals surface area contributed by atoms with Crippen molar-refractivity contribution in [3.8, 4) is 0 Å². The van der Waals surface area contributed by atoms with E-state index in [-0.39, 0.29) is 25.6 Å². The quantitative estimate of drug-likeness (QED) is 0.235. The molecule has 1 saturated heterocycles. The Morgan fingerprint density at radius 1 is 0.921 bits per heavy atom. The van der Waals surface area contributed by atoms with Gasteiger partial charge in [-0.25, -0.2) is 9.59 Å². The summed E-state index contributed by atoms with van der Waals surface area (Å²) >= 11 is 0. The maximum Gasteiger partial charge on any atom is 0.338 e. The third-order valence-corrected chi connectivity index (χ3v) is 6.12. The zero-order valence-corrected chi connectivity index (χ0v) is 22.4. The molecule has 2 aromatic carbocycles. The fraction of sp³-hybridized carbons (Fsp3) is 0.433. The van der Waals surface area contributed by atoms with Gasteiger partial charge in [0.05, 0.1) is 35.4 Å². The van der Waals surface area contributed by atoms with Gasteiger partial charge in [0.25, 0.3) is 0 Å². The molecule has 0 aromatic heterocycles. The minimum Gasteiger partial charge on any atom is -0.465 e. The van der Waals surface area contributed by atoms with Crippen LogP contribution in [0.15, 0.2) is 72.8 Å². The monoisotopic (exact) mass is 524 g/mol. The molecule has 0 spiro atoms. The highest BCUT2D eigenvalue weighted by Gasteiger charge is 2.41. The highest BCUT2D eigenvalue weighted by atomic mass is 16.6. The number of methoxy groups -OCH3 is 1. The number of esters is 3. The predicted molar refractivity (Wildman–Crippen MR) is 141 cm³/mol. The summed E-state index contributed by atoms with van der Waals surface area (Å²) in [4.78, 5) is 37.4. The molecule has 1 fully saturated rings. The van der Waals surface area contributed by atoms with Gasteiger partial charge in [-0.05, 0) is 50.6 Å². The van der Waals surface area contributed by atoms with Crippen molar-refractivity contribution < 1.29 is 38.1 Å². The molecule has 8 nitrogen and oxygen atoms in total. The summed E-state index contributed by atoms with van der Waals surface area (Å²) in [6, 6.07) is 17.2. The first-order valence-electron chi connectivity index (χ1n) is 12.6. The van der Waals surface area contributed by atoms with Gasteiger partial charge >= 0.3 is 17.9 Å². The molecule has 204 valence electrons. The molecule has 0 N–H and O–H groups in total. The van der Waals surface area contributed by atoms with Crippen LogP contribution in [0.5, 0.6) is 0 Å². The fourth-order valence-corrected chi connectivity index (χ4v) is 4.03. The highest BCUT2D eigenvalue weighted by Crippen LogP contribution is 2.33. The maximum absolute atomic E-state index is 12.8. The molecule has 3 rings (SSSR count). The van der Waals surface area contributed by atoms with Gasteiger partial charge in [-0.15, -0.1) is 0 Å². The Kier molecular flexibility index (Phi) is 10.2. The van der Waals surface area contributed by atoms with Gasteiger partial charge in [0.2, 0.25) is 0 Å². The Hall–Kier alpha value is -3.49. The molecule has 1 heterocycles. The molecule has 1 aliphatic heterocycles. The van der Waals surface area contributed by atoms with Crippen molar-refractivity contribution in [2.24, 2.45) is 5.41 Å². The fourth-order valence-electron chi connectivity index (χ4n) is 4.03. The zero-order valence-electron chi connectivity index (χ0n) is 22.4. The molecule has 8 heteroatoms. The van der Waals surface area contributed by atoms with Crippen LogP contribution in [0.2, 0.25) is 0 Å². The first-order valence-corrected chi connectivity index (χ1v) is 12.6. The van der Waals surface area contributed by atoms with Gasteiger partial charge in [0.1, 0.15) is 18.8 Å². The minimum atomic E-state index is -0.803. The number of ether oxygens (including phenoxy) is 5. The number of hydrogen-bond donors (Lipinski definition) is 0. The summed E-state index contributed by atoms with van der Waals surface area (Å²) < 4.78 is 28.5. The summed E-state index contributed by atoms with van der Waals surface area (Å²) in [5.74, 6) is -1.36. The van der Waals surface area contributed by atoms with Crippen LogP contribution in [0.3, 0.4) is 0 Å². The number of benzene rings is 2.